The maximum absolute atomic E-state index is 11.9. The van der Waals surface area contributed by atoms with Crippen LogP contribution in [0.25, 0.3) is 0 Å². The largest absolute Gasteiger partial charge is 0.469 e. The van der Waals surface area contributed by atoms with Crippen molar-refractivity contribution in [3.05, 3.63) is 23.8 Å². The number of aryl methyl sites for hydroxylation is 1. The average Bonchev–Trinajstić information content (AvgIpc) is 2.27. The number of esters is 1. The molecule has 7 heteroatoms. The number of benzene rings is 1. The molecule has 1 rings (SSSR count). The van der Waals surface area contributed by atoms with E-state index in [9.17, 15) is 13.2 Å². The van der Waals surface area contributed by atoms with Crippen LogP contribution < -0.4 is 10.5 Å². The summed E-state index contributed by atoms with van der Waals surface area (Å²) in [4.78, 5) is 11.0. The highest BCUT2D eigenvalue weighted by atomic mass is 32.2. The van der Waals surface area contributed by atoms with Gasteiger partial charge in [-0.05, 0) is 30.7 Å². The molecule has 0 saturated heterocycles. The van der Waals surface area contributed by atoms with E-state index in [2.05, 4.69) is 9.46 Å². The number of anilines is 1. The first-order valence-electron chi connectivity index (χ1n) is 5.29. The van der Waals surface area contributed by atoms with Crippen LogP contribution in [-0.4, -0.2) is 28.0 Å². The molecule has 0 unspecified atom stereocenters. The summed E-state index contributed by atoms with van der Waals surface area (Å²) < 4.78 is 30.5. The number of hydrogen-bond donors (Lipinski definition) is 2. The molecular formula is C11H16N2O4S. The Morgan fingerprint density at radius 2 is 2.06 bits per heavy atom. The third-order valence-corrected chi connectivity index (χ3v) is 3.67. The lowest BCUT2D eigenvalue weighted by molar-refractivity contribution is -0.140. The molecule has 1 aromatic carbocycles. The van der Waals surface area contributed by atoms with E-state index in [1.807, 2.05) is 0 Å². The lowest BCUT2D eigenvalue weighted by atomic mass is 10.2. The van der Waals surface area contributed by atoms with Crippen molar-refractivity contribution in [3.63, 3.8) is 0 Å². The lowest BCUT2D eigenvalue weighted by Crippen LogP contribution is -2.26. The van der Waals surface area contributed by atoms with Gasteiger partial charge in [-0.2, -0.15) is 0 Å². The maximum Gasteiger partial charge on any atom is 0.306 e. The summed E-state index contributed by atoms with van der Waals surface area (Å²) >= 11 is 0. The van der Waals surface area contributed by atoms with Gasteiger partial charge in [0.15, 0.2) is 0 Å². The molecule has 3 N–H and O–H groups in total. The molecule has 0 aliphatic carbocycles. The fourth-order valence-electron chi connectivity index (χ4n) is 1.40. The Kier molecular flexibility index (Phi) is 4.69. The summed E-state index contributed by atoms with van der Waals surface area (Å²) in [5.74, 6) is -0.471. The first kappa shape index (κ1) is 14.5. The zero-order valence-electron chi connectivity index (χ0n) is 10.3. The fraction of sp³-hybridized carbons (Fsp3) is 0.364. The van der Waals surface area contributed by atoms with Crippen LogP contribution in [0.1, 0.15) is 12.0 Å². The smallest absolute Gasteiger partial charge is 0.306 e. The van der Waals surface area contributed by atoms with Crippen LogP contribution in [0.3, 0.4) is 0 Å². The zero-order valence-corrected chi connectivity index (χ0v) is 11.1. The lowest BCUT2D eigenvalue weighted by Gasteiger charge is -2.08. The Balaban J connectivity index is 2.77. The molecular weight excluding hydrogens is 256 g/mol. The predicted octanol–water partition coefficient (Wildman–Crippen LogP) is 0.419. The molecule has 18 heavy (non-hydrogen) atoms. The molecule has 0 amide bonds. The summed E-state index contributed by atoms with van der Waals surface area (Å²) in [6.07, 6.45) is -0.0168. The predicted molar refractivity (Wildman–Crippen MR) is 67.4 cm³/mol. The van der Waals surface area contributed by atoms with E-state index in [-0.39, 0.29) is 17.9 Å². The fourth-order valence-corrected chi connectivity index (χ4v) is 2.57. The topological polar surface area (TPSA) is 98.5 Å². The number of ether oxygens (including phenoxy) is 1. The van der Waals surface area contributed by atoms with Crippen LogP contribution in [-0.2, 0) is 19.6 Å². The number of rotatable bonds is 5. The van der Waals surface area contributed by atoms with Gasteiger partial charge in [0.25, 0.3) is 0 Å². The number of methoxy groups -OCH3 is 1. The van der Waals surface area contributed by atoms with E-state index < -0.39 is 16.0 Å². The van der Waals surface area contributed by atoms with Crippen molar-refractivity contribution in [1.29, 1.82) is 0 Å². The minimum atomic E-state index is -3.65. The Bertz CT molecular complexity index is 520. The molecule has 0 heterocycles. The molecule has 0 aromatic heterocycles. The van der Waals surface area contributed by atoms with E-state index in [1.54, 1.807) is 13.0 Å². The molecule has 0 aliphatic heterocycles. The highest BCUT2D eigenvalue weighted by Gasteiger charge is 2.15. The number of sulfonamides is 1. The summed E-state index contributed by atoms with van der Waals surface area (Å²) in [5.41, 5.74) is 6.72. The van der Waals surface area contributed by atoms with Crippen molar-refractivity contribution in [2.45, 2.75) is 18.2 Å². The first-order chi connectivity index (χ1) is 8.35. The molecule has 100 valence electrons. The zero-order chi connectivity index (χ0) is 13.8. The summed E-state index contributed by atoms with van der Waals surface area (Å²) in [5, 5.41) is 0. The van der Waals surface area contributed by atoms with Crippen molar-refractivity contribution in [1.82, 2.24) is 4.72 Å². The van der Waals surface area contributed by atoms with Crippen LogP contribution in [0.2, 0.25) is 0 Å². The average molecular weight is 272 g/mol. The second-order valence-electron chi connectivity index (χ2n) is 3.80. The van der Waals surface area contributed by atoms with E-state index in [0.29, 0.717) is 5.69 Å². The summed E-state index contributed by atoms with van der Waals surface area (Å²) in [6.45, 7) is 1.74. The van der Waals surface area contributed by atoms with Crippen molar-refractivity contribution in [2.75, 3.05) is 19.4 Å². The van der Waals surface area contributed by atoms with E-state index in [0.717, 1.165) is 5.56 Å². The van der Waals surface area contributed by atoms with Crippen LogP contribution in [0.15, 0.2) is 23.1 Å². The number of carbonyl (C=O) groups excluding carboxylic acids is 1. The third-order valence-electron chi connectivity index (χ3n) is 2.23. The molecule has 6 nitrogen and oxygen atoms in total. The van der Waals surface area contributed by atoms with Crippen LogP contribution in [0, 0.1) is 6.92 Å². The first-order valence-corrected chi connectivity index (χ1v) is 6.77. The number of carbonyl (C=O) groups is 1. The van der Waals surface area contributed by atoms with Crippen LogP contribution >= 0.6 is 0 Å². The van der Waals surface area contributed by atoms with Gasteiger partial charge in [-0.1, -0.05) is 0 Å². The number of hydrogen-bond acceptors (Lipinski definition) is 5. The Hall–Kier alpha value is -1.60. The molecule has 0 bridgehead atoms. The van der Waals surface area contributed by atoms with E-state index >= 15 is 0 Å². The molecule has 0 saturated carbocycles. The van der Waals surface area contributed by atoms with Gasteiger partial charge in [0.1, 0.15) is 0 Å². The molecule has 1 aromatic rings. The quantitative estimate of drug-likeness (QED) is 0.598. The Morgan fingerprint density at radius 1 is 1.39 bits per heavy atom. The van der Waals surface area contributed by atoms with Gasteiger partial charge < -0.3 is 10.5 Å². The molecule has 0 spiro atoms. The standard InChI is InChI=1S/C11H16N2O4S/c1-8-5-9(12)7-10(6-8)18(15,16)13-4-3-11(14)17-2/h5-7,13H,3-4,12H2,1-2H3. The van der Waals surface area contributed by atoms with Gasteiger partial charge in [-0.25, -0.2) is 13.1 Å². The second-order valence-corrected chi connectivity index (χ2v) is 5.57. The molecule has 0 atom stereocenters. The van der Waals surface area contributed by atoms with E-state index in [4.69, 9.17) is 5.73 Å². The minimum Gasteiger partial charge on any atom is -0.469 e. The Morgan fingerprint density at radius 3 is 2.61 bits per heavy atom. The highest BCUT2D eigenvalue weighted by molar-refractivity contribution is 7.89. The van der Waals surface area contributed by atoms with Gasteiger partial charge in [0, 0.05) is 12.2 Å². The molecule has 0 aliphatic rings. The van der Waals surface area contributed by atoms with Gasteiger partial charge in [0.2, 0.25) is 10.0 Å². The van der Waals surface area contributed by atoms with Crippen molar-refractivity contribution >= 4 is 21.7 Å². The minimum absolute atomic E-state index is 0.0111. The van der Waals surface area contributed by atoms with E-state index in [1.165, 1.54) is 19.2 Å². The van der Waals surface area contributed by atoms with Crippen molar-refractivity contribution in [3.8, 4) is 0 Å². The molecule has 0 radical (unpaired) electrons. The van der Waals surface area contributed by atoms with Crippen LogP contribution in [0.4, 0.5) is 5.69 Å². The number of nitrogen functional groups attached to an aromatic ring is 1. The highest BCUT2D eigenvalue weighted by Crippen LogP contribution is 2.15. The maximum atomic E-state index is 11.9. The second kappa shape index (κ2) is 5.83. The van der Waals surface area contributed by atoms with Gasteiger partial charge >= 0.3 is 5.97 Å². The monoisotopic (exact) mass is 272 g/mol. The summed E-state index contributed by atoms with van der Waals surface area (Å²) in [6, 6.07) is 4.55. The SMILES string of the molecule is COC(=O)CCNS(=O)(=O)c1cc(C)cc(N)c1. The normalized spacial score (nSPS) is 11.2. The number of nitrogens with one attached hydrogen (secondary N) is 1. The summed E-state index contributed by atoms with van der Waals surface area (Å²) in [7, 11) is -2.40. The van der Waals surface area contributed by atoms with Gasteiger partial charge in [-0.3, -0.25) is 4.79 Å². The van der Waals surface area contributed by atoms with Crippen molar-refractivity contribution in [2.24, 2.45) is 0 Å². The van der Waals surface area contributed by atoms with Crippen LogP contribution in [0.5, 0.6) is 0 Å². The third kappa shape index (κ3) is 4.01. The Labute approximate surface area is 106 Å². The van der Waals surface area contributed by atoms with Gasteiger partial charge in [-0.15, -0.1) is 0 Å². The van der Waals surface area contributed by atoms with Gasteiger partial charge in [0.05, 0.1) is 18.4 Å². The number of nitrogens with two attached hydrogens (primary N) is 1. The molecule has 0 fully saturated rings. The van der Waals surface area contributed by atoms with Crippen molar-refractivity contribution < 1.29 is 17.9 Å².